The molecule has 0 aliphatic rings. The van der Waals surface area contributed by atoms with E-state index < -0.39 is 0 Å². The Hall–Kier alpha value is -2.13. The van der Waals surface area contributed by atoms with Crippen molar-refractivity contribution in [1.82, 2.24) is 4.90 Å². The van der Waals surface area contributed by atoms with Crippen molar-refractivity contribution >= 4 is 11.6 Å². The van der Waals surface area contributed by atoms with E-state index >= 15 is 0 Å². The fourth-order valence-electron chi connectivity index (χ4n) is 2.49. The molecule has 3 nitrogen and oxygen atoms in total. The molecule has 122 valence electrons. The quantitative estimate of drug-likeness (QED) is 0.835. The molecular weight excluding hydrogens is 284 g/mol. The van der Waals surface area contributed by atoms with Gasteiger partial charge >= 0.3 is 0 Å². The van der Waals surface area contributed by atoms with Crippen LogP contribution in [-0.4, -0.2) is 23.4 Å². The van der Waals surface area contributed by atoms with Crippen molar-refractivity contribution in [2.75, 3.05) is 11.9 Å². The van der Waals surface area contributed by atoms with Crippen LogP contribution in [0.15, 0.2) is 54.6 Å². The molecule has 23 heavy (non-hydrogen) atoms. The monoisotopic (exact) mass is 310 g/mol. The lowest BCUT2D eigenvalue weighted by atomic mass is 10.1. The number of rotatable bonds is 7. The van der Waals surface area contributed by atoms with Crippen LogP contribution in [0, 0.1) is 0 Å². The molecule has 0 saturated carbocycles. The lowest BCUT2D eigenvalue weighted by Crippen LogP contribution is -2.37. The van der Waals surface area contributed by atoms with E-state index in [2.05, 4.69) is 49.2 Å². The predicted molar refractivity (Wildman–Crippen MR) is 96.4 cm³/mol. The molecule has 3 heteroatoms. The summed E-state index contributed by atoms with van der Waals surface area (Å²) in [5, 5.41) is 3.01. The highest BCUT2D eigenvalue weighted by Crippen LogP contribution is 2.12. The summed E-state index contributed by atoms with van der Waals surface area (Å²) in [6.45, 7) is 7.52. The third-order valence-electron chi connectivity index (χ3n) is 3.92. The normalized spacial score (nSPS) is 11.0. The third kappa shape index (κ3) is 5.53. The van der Waals surface area contributed by atoms with E-state index in [0.29, 0.717) is 12.6 Å². The maximum atomic E-state index is 12.4. The van der Waals surface area contributed by atoms with Gasteiger partial charge in [-0.1, -0.05) is 49.4 Å². The summed E-state index contributed by atoms with van der Waals surface area (Å²) in [6.07, 6.45) is 0.968. The minimum absolute atomic E-state index is 0.0304. The zero-order chi connectivity index (χ0) is 16.7. The number of nitrogens with one attached hydrogen (secondary N) is 1. The highest BCUT2D eigenvalue weighted by Gasteiger charge is 2.14. The molecule has 2 aromatic carbocycles. The topological polar surface area (TPSA) is 32.3 Å². The van der Waals surface area contributed by atoms with Gasteiger partial charge in [-0.3, -0.25) is 9.69 Å². The zero-order valence-electron chi connectivity index (χ0n) is 14.3. The van der Waals surface area contributed by atoms with Crippen molar-refractivity contribution in [3.05, 3.63) is 65.7 Å². The average Bonchev–Trinajstić information content (AvgIpc) is 2.55. The number of hydrogen-bond donors (Lipinski definition) is 1. The van der Waals surface area contributed by atoms with Crippen molar-refractivity contribution in [2.45, 2.75) is 39.8 Å². The largest absolute Gasteiger partial charge is 0.325 e. The van der Waals surface area contributed by atoms with Gasteiger partial charge in [0.1, 0.15) is 0 Å². The first-order valence-corrected chi connectivity index (χ1v) is 8.25. The Kier molecular flexibility index (Phi) is 6.36. The van der Waals surface area contributed by atoms with Gasteiger partial charge in [0.2, 0.25) is 5.91 Å². The van der Waals surface area contributed by atoms with E-state index in [1.165, 1.54) is 11.1 Å². The van der Waals surface area contributed by atoms with Gasteiger partial charge in [-0.15, -0.1) is 0 Å². The van der Waals surface area contributed by atoms with Gasteiger partial charge in [0, 0.05) is 18.3 Å². The highest BCUT2D eigenvalue weighted by atomic mass is 16.2. The molecule has 2 rings (SSSR count). The summed E-state index contributed by atoms with van der Waals surface area (Å²) in [4.78, 5) is 14.5. The van der Waals surface area contributed by atoms with E-state index in [1.54, 1.807) is 0 Å². The number of aryl methyl sites for hydroxylation is 1. The molecular formula is C20H26N2O. The molecule has 1 amide bonds. The molecule has 0 atom stereocenters. The number of nitrogens with zero attached hydrogens (tertiary/aromatic N) is 1. The fourth-order valence-corrected chi connectivity index (χ4v) is 2.49. The number of carbonyl (C=O) groups is 1. The summed E-state index contributed by atoms with van der Waals surface area (Å²) in [6, 6.07) is 18.6. The molecule has 0 saturated heterocycles. The molecule has 0 aromatic heterocycles. The maximum Gasteiger partial charge on any atom is 0.238 e. The number of hydrogen-bond acceptors (Lipinski definition) is 2. The molecule has 0 heterocycles. The molecule has 0 aliphatic carbocycles. The van der Waals surface area contributed by atoms with Crippen LogP contribution in [0.3, 0.4) is 0 Å². The standard InChI is InChI=1S/C20H26N2O/c1-4-17-11-8-12-19(13-17)21-20(23)15-22(16(2)3)14-18-9-6-5-7-10-18/h5-13,16H,4,14-15H2,1-3H3,(H,21,23). The van der Waals surface area contributed by atoms with Crippen molar-refractivity contribution in [3.8, 4) is 0 Å². The van der Waals surface area contributed by atoms with Gasteiger partial charge in [-0.05, 0) is 43.5 Å². The second kappa shape index (κ2) is 8.49. The second-order valence-electron chi connectivity index (χ2n) is 6.09. The van der Waals surface area contributed by atoms with Gasteiger partial charge in [0.15, 0.2) is 0 Å². The summed E-state index contributed by atoms with van der Waals surface area (Å²) < 4.78 is 0. The van der Waals surface area contributed by atoms with Gasteiger partial charge < -0.3 is 5.32 Å². The molecule has 0 aliphatic heterocycles. The van der Waals surface area contributed by atoms with Crippen LogP contribution in [0.25, 0.3) is 0 Å². The summed E-state index contributed by atoms with van der Waals surface area (Å²) in [5.74, 6) is 0.0304. The summed E-state index contributed by atoms with van der Waals surface area (Å²) in [7, 11) is 0. The first-order chi connectivity index (χ1) is 11.1. The molecule has 0 bridgehead atoms. The molecule has 1 N–H and O–H groups in total. The third-order valence-corrected chi connectivity index (χ3v) is 3.92. The van der Waals surface area contributed by atoms with E-state index in [-0.39, 0.29) is 5.91 Å². The van der Waals surface area contributed by atoms with Crippen molar-refractivity contribution in [2.24, 2.45) is 0 Å². The average molecular weight is 310 g/mol. The second-order valence-corrected chi connectivity index (χ2v) is 6.09. The maximum absolute atomic E-state index is 12.4. The van der Waals surface area contributed by atoms with Crippen molar-refractivity contribution in [1.29, 1.82) is 0 Å². The van der Waals surface area contributed by atoms with Gasteiger partial charge in [-0.2, -0.15) is 0 Å². The van der Waals surface area contributed by atoms with Gasteiger partial charge in [0.05, 0.1) is 6.54 Å². The lowest BCUT2D eigenvalue weighted by Gasteiger charge is -2.26. The van der Waals surface area contributed by atoms with E-state index in [4.69, 9.17) is 0 Å². The Bertz CT molecular complexity index is 623. The van der Waals surface area contributed by atoms with E-state index in [1.807, 2.05) is 36.4 Å². The van der Waals surface area contributed by atoms with Crippen LogP contribution in [0.4, 0.5) is 5.69 Å². The van der Waals surface area contributed by atoms with Crippen molar-refractivity contribution < 1.29 is 4.79 Å². The Labute approximate surface area is 139 Å². The molecule has 0 spiro atoms. The van der Waals surface area contributed by atoms with Crippen LogP contribution < -0.4 is 5.32 Å². The highest BCUT2D eigenvalue weighted by molar-refractivity contribution is 5.92. The van der Waals surface area contributed by atoms with Crippen LogP contribution in [0.1, 0.15) is 31.9 Å². The first-order valence-electron chi connectivity index (χ1n) is 8.25. The van der Waals surface area contributed by atoms with Crippen LogP contribution in [0.5, 0.6) is 0 Å². The van der Waals surface area contributed by atoms with Gasteiger partial charge in [0.25, 0.3) is 0 Å². The number of anilines is 1. The zero-order valence-corrected chi connectivity index (χ0v) is 14.3. The molecule has 0 unspecified atom stereocenters. The van der Waals surface area contributed by atoms with Crippen LogP contribution >= 0.6 is 0 Å². The Morgan fingerprint density at radius 3 is 2.39 bits per heavy atom. The molecule has 2 aromatic rings. The van der Waals surface area contributed by atoms with Crippen molar-refractivity contribution in [3.63, 3.8) is 0 Å². The summed E-state index contributed by atoms with van der Waals surface area (Å²) >= 11 is 0. The van der Waals surface area contributed by atoms with Gasteiger partial charge in [-0.25, -0.2) is 0 Å². The number of amides is 1. The minimum atomic E-state index is 0.0304. The molecule has 0 fully saturated rings. The number of benzene rings is 2. The number of carbonyl (C=O) groups excluding carboxylic acids is 1. The lowest BCUT2D eigenvalue weighted by molar-refractivity contribution is -0.117. The Morgan fingerprint density at radius 2 is 1.74 bits per heavy atom. The molecule has 0 radical (unpaired) electrons. The fraction of sp³-hybridized carbons (Fsp3) is 0.350. The van der Waals surface area contributed by atoms with Crippen LogP contribution in [-0.2, 0) is 17.8 Å². The van der Waals surface area contributed by atoms with E-state index in [9.17, 15) is 4.79 Å². The summed E-state index contributed by atoms with van der Waals surface area (Å²) in [5.41, 5.74) is 3.33. The Balaban J connectivity index is 1.97. The van der Waals surface area contributed by atoms with Crippen LogP contribution in [0.2, 0.25) is 0 Å². The van der Waals surface area contributed by atoms with E-state index in [0.717, 1.165) is 18.7 Å². The Morgan fingerprint density at radius 1 is 1.04 bits per heavy atom. The predicted octanol–water partition coefficient (Wildman–Crippen LogP) is 4.10. The SMILES string of the molecule is CCc1cccc(NC(=O)CN(Cc2ccccc2)C(C)C)c1. The first kappa shape index (κ1) is 17.2. The minimum Gasteiger partial charge on any atom is -0.325 e. The smallest absolute Gasteiger partial charge is 0.238 e.